The van der Waals surface area contributed by atoms with Crippen LogP contribution >= 0.6 is 11.3 Å². The summed E-state index contributed by atoms with van der Waals surface area (Å²) in [5.74, 6) is -0.333. The number of hydrogen-bond acceptors (Lipinski definition) is 4. The Bertz CT molecular complexity index is 847. The van der Waals surface area contributed by atoms with E-state index in [1.807, 2.05) is 12.1 Å². The molecule has 3 rings (SSSR count). The predicted octanol–water partition coefficient (Wildman–Crippen LogP) is 2.82. The molecule has 1 aromatic heterocycles. The molecule has 0 saturated carbocycles. The van der Waals surface area contributed by atoms with Gasteiger partial charge in [-0.25, -0.2) is 8.42 Å². The molecule has 1 aromatic carbocycles. The fourth-order valence-corrected chi connectivity index (χ4v) is 5.94. The molecule has 1 N–H and O–H groups in total. The molecule has 1 aliphatic heterocycles. The molecule has 1 unspecified atom stereocenters. The Balaban J connectivity index is 1.56. The minimum atomic E-state index is -3.48. The number of piperidine rings is 1. The summed E-state index contributed by atoms with van der Waals surface area (Å²) in [6, 6.07) is 11.5. The molecular weight excluding hydrogens is 368 g/mol. The Kier molecular flexibility index (Phi) is 6.11. The van der Waals surface area contributed by atoms with E-state index in [2.05, 4.69) is 24.4 Å². The predicted molar refractivity (Wildman–Crippen MR) is 104 cm³/mol. The third-order valence-electron chi connectivity index (χ3n) is 4.80. The fraction of sp³-hybridized carbons (Fsp3) is 0.421. The highest BCUT2D eigenvalue weighted by atomic mass is 32.2. The van der Waals surface area contributed by atoms with E-state index in [9.17, 15) is 13.2 Å². The minimum Gasteiger partial charge on any atom is -0.355 e. The maximum Gasteiger partial charge on any atom is 0.252 e. The van der Waals surface area contributed by atoms with Gasteiger partial charge in [-0.1, -0.05) is 30.3 Å². The average molecular weight is 393 g/mol. The number of nitrogens with one attached hydrogen (secondary N) is 1. The molecule has 0 aliphatic carbocycles. The first-order valence-corrected chi connectivity index (χ1v) is 11.2. The number of hydrogen-bond donors (Lipinski definition) is 1. The largest absolute Gasteiger partial charge is 0.355 e. The molecular formula is C19H24N2O3S2. The lowest BCUT2D eigenvalue weighted by atomic mass is 9.98. The summed E-state index contributed by atoms with van der Waals surface area (Å²) >= 11 is 1.22. The molecule has 7 heteroatoms. The monoisotopic (exact) mass is 392 g/mol. The van der Waals surface area contributed by atoms with Gasteiger partial charge in [0.1, 0.15) is 4.21 Å². The molecule has 1 atom stereocenters. The first-order chi connectivity index (χ1) is 12.5. The van der Waals surface area contributed by atoms with Crippen LogP contribution in [0.15, 0.2) is 46.0 Å². The zero-order valence-electron chi connectivity index (χ0n) is 14.8. The lowest BCUT2D eigenvalue weighted by molar-refractivity contribution is -0.126. The standard InChI is InChI=1S/C19H24N2O3S2/c1-15-6-2-3-7-16(15)10-11-20-19(22)17-8-4-12-21(14-17)26(23,24)18-9-5-13-25-18/h2-3,5-7,9,13,17H,4,8,10-12,14H2,1H3,(H,20,22). The van der Waals surface area contributed by atoms with Crippen LogP contribution in [0.3, 0.4) is 0 Å². The van der Waals surface area contributed by atoms with E-state index >= 15 is 0 Å². The molecule has 1 fully saturated rings. The van der Waals surface area contributed by atoms with Crippen molar-refractivity contribution in [2.45, 2.75) is 30.4 Å². The van der Waals surface area contributed by atoms with E-state index in [0.29, 0.717) is 23.7 Å². The number of carbonyl (C=O) groups excluding carboxylic acids is 1. The van der Waals surface area contributed by atoms with Gasteiger partial charge in [0.05, 0.1) is 5.92 Å². The van der Waals surface area contributed by atoms with Crippen LogP contribution in [-0.4, -0.2) is 38.3 Å². The molecule has 1 amide bonds. The van der Waals surface area contributed by atoms with Gasteiger partial charge in [-0.3, -0.25) is 4.79 Å². The number of aryl methyl sites for hydroxylation is 1. The number of carbonyl (C=O) groups is 1. The summed E-state index contributed by atoms with van der Waals surface area (Å²) in [6.07, 6.45) is 2.22. The van der Waals surface area contributed by atoms with Gasteiger partial charge in [0.25, 0.3) is 10.0 Å². The zero-order valence-corrected chi connectivity index (χ0v) is 16.5. The number of benzene rings is 1. The SMILES string of the molecule is Cc1ccccc1CCNC(=O)C1CCCN(S(=O)(=O)c2cccs2)C1. The van der Waals surface area contributed by atoms with Gasteiger partial charge in [-0.15, -0.1) is 11.3 Å². The van der Waals surface area contributed by atoms with Crippen molar-refractivity contribution >= 4 is 27.3 Å². The van der Waals surface area contributed by atoms with Crippen molar-refractivity contribution in [2.24, 2.45) is 5.92 Å². The first-order valence-electron chi connectivity index (χ1n) is 8.84. The maximum absolute atomic E-state index is 12.7. The molecule has 26 heavy (non-hydrogen) atoms. The van der Waals surface area contributed by atoms with E-state index in [1.54, 1.807) is 17.5 Å². The van der Waals surface area contributed by atoms with Crippen LogP contribution in [0.5, 0.6) is 0 Å². The second-order valence-corrected chi connectivity index (χ2v) is 9.71. The number of amides is 1. The lowest BCUT2D eigenvalue weighted by Gasteiger charge is -2.30. The van der Waals surface area contributed by atoms with Gasteiger partial charge in [-0.05, 0) is 48.8 Å². The van der Waals surface area contributed by atoms with Crippen LogP contribution < -0.4 is 5.32 Å². The van der Waals surface area contributed by atoms with E-state index < -0.39 is 10.0 Å². The summed E-state index contributed by atoms with van der Waals surface area (Å²) in [5, 5.41) is 4.73. The summed E-state index contributed by atoms with van der Waals surface area (Å²) in [6.45, 7) is 3.37. The Morgan fingerprint density at radius 2 is 2.08 bits per heavy atom. The smallest absolute Gasteiger partial charge is 0.252 e. The third-order valence-corrected chi connectivity index (χ3v) is 8.04. The van der Waals surface area contributed by atoms with E-state index in [0.717, 1.165) is 12.8 Å². The highest BCUT2D eigenvalue weighted by Gasteiger charge is 2.33. The molecule has 0 bridgehead atoms. The van der Waals surface area contributed by atoms with Crippen molar-refractivity contribution in [1.82, 2.24) is 9.62 Å². The Labute approximate surface area is 159 Å². The minimum absolute atomic E-state index is 0.0512. The van der Waals surface area contributed by atoms with Gasteiger partial charge < -0.3 is 5.32 Å². The molecule has 2 heterocycles. The number of rotatable bonds is 6. The van der Waals surface area contributed by atoms with Gasteiger partial charge in [0.2, 0.25) is 5.91 Å². The van der Waals surface area contributed by atoms with Crippen molar-refractivity contribution in [1.29, 1.82) is 0 Å². The van der Waals surface area contributed by atoms with Crippen molar-refractivity contribution in [2.75, 3.05) is 19.6 Å². The Hall–Kier alpha value is -1.70. The summed E-state index contributed by atoms with van der Waals surface area (Å²) in [4.78, 5) is 12.5. The van der Waals surface area contributed by atoms with E-state index in [4.69, 9.17) is 0 Å². The molecule has 0 radical (unpaired) electrons. The van der Waals surface area contributed by atoms with E-state index in [1.165, 1.54) is 26.8 Å². The van der Waals surface area contributed by atoms with Gasteiger partial charge in [-0.2, -0.15) is 4.31 Å². The summed E-state index contributed by atoms with van der Waals surface area (Å²) in [5.41, 5.74) is 2.44. The Morgan fingerprint density at radius 1 is 1.27 bits per heavy atom. The fourth-order valence-electron chi connectivity index (χ4n) is 3.27. The highest BCUT2D eigenvalue weighted by molar-refractivity contribution is 7.91. The molecule has 0 spiro atoms. The lowest BCUT2D eigenvalue weighted by Crippen LogP contribution is -2.45. The van der Waals surface area contributed by atoms with Gasteiger partial charge in [0.15, 0.2) is 0 Å². The quantitative estimate of drug-likeness (QED) is 0.822. The van der Waals surface area contributed by atoms with Crippen LogP contribution in [0, 0.1) is 12.8 Å². The number of thiophene rings is 1. The van der Waals surface area contributed by atoms with Gasteiger partial charge >= 0.3 is 0 Å². The third kappa shape index (κ3) is 4.34. The number of nitrogens with zero attached hydrogens (tertiary/aromatic N) is 1. The molecule has 2 aromatic rings. The van der Waals surface area contributed by atoms with Crippen LogP contribution in [0.4, 0.5) is 0 Å². The first kappa shape index (κ1) is 19.1. The van der Waals surface area contributed by atoms with Crippen LogP contribution in [0.25, 0.3) is 0 Å². The van der Waals surface area contributed by atoms with Crippen LogP contribution in [-0.2, 0) is 21.2 Å². The zero-order chi connectivity index (χ0) is 18.6. The Morgan fingerprint density at radius 3 is 2.81 bits per heavy atom. The second-order valence-electron chi connectivity index (χ2n) is 6.60. The van der Waals surface area contributed by atoms with Crippen molar-refractivity contribution in [3.63, 3.8) is 0 Å². The van der Waals surface area contributed by atoms with E-state index in [-0.39, 0.29) is 18.4 Å². The van der Waals surface area contributed by atoms with Crippen molar-refractivity contribution in [3.05, 3.63) is 52.9 Å². The van der Waals surface area contributed by atoms with Gasteiger partial charge in [0, 0.05) is 19.6 Å². The highest BCUT2D eigenvalue weighted by Crippen LogP contribution is 2.26. The van der Waals surface area contributed by atoms with Crippen LogP contribution in [0.1, 0.15) is 24.0 Å². The topological polar surface area (TPSA) is 66.5 Å². The van der Waals surface area contributed by atoms with Crippen LogP contribution in [0.2, 0.25) is 0 Å². The number of sulfonamides is 1. The molecule has 1 aliphatic rings. The maximum atomic E-state index is 12.7. The van der Waals surface area contributed by atoms with Crippen molar-refractivity contribution < 1.29 is 13.2 Å². The normalized spacial score (nSPS) is 18.6. The molecule has 140 valence electrons. The summed E-state index contributed by atoms with van der Waals surface area (Å²) in [7, 11) is -3.48. The second kappa shape index (κ2) is 8.33. The van der Waals surface area contributed by atoms with Crippen molar-refractivity contribution in [3.8, 4) is 0 Å². The molecule has 5 nitrogen and oxygen atoms in total. The molecule has 1 saturated heterocycles. The average Bonchev–Trinajstić information content (AvgIpc) is 3.19. The summed E-state index contributed by atoms with van der Waals surface area (Å²) < 4.78 is 27.1.